The minimum absolute atomic E-state index is 0.0151. The summed E-state index contributed by atoms with van der Waals surface area (Å²) in [6.45, 7) is 3.30. The first kappa shape index (κ1) is 12.0. The maximum absolute atomic E-state index is 8.81. The monoisotopic (exact) mass is 236 g/mol. The number of anilines is 2. The highest BCUT2D eigenvalue weighted by Gasteiger charge is 2.19. The second-order valence-electron chi connectivity index (χ2n) is 3.57. The second-order valence-corrected chi connectivity index (χ2v) is 3.93. The molecule has 0 aliphatic carbocycles. The summed E-state index contributed by atoms with van der Waals surface area (Å²) in [6, 6.07) is 3.81. The van der Waals surface area contributed by atoms with E-state index in [4.69, 9.17) is 27.9 Å². The van der Waals surface area contributed by atoms with Gasteiger partial charge in [0.25, 0.3) is 0 Å². The Kier molecular flexibility index (Phi) is 3.17. The maximum atomic E-state index is 8.81. The fourth-order valence-electron chi connectivity index (χ4n) is 0.916. The summed E-state index contributed by atoms with van der Waals surface area (Å²) in [6.07, 6.45) is 0. The van der Waals surface area contributed by atoms with Gasteiger partial charge >= 0.3 is 0 Å². The van der Waals surface area contributed by atoms with Gasteiger partial charge in [-0.25, -0.2) is 0 Å². The Labute approximate surface area is 97.7 Å². The van der Waals surface area contributed by atoms with Gasteiger partial charge < -0.3 is 11.1 Å². The van der Waals surface area contributed by atoms with Gasteiger partial charge in [-0.1, -0.05) is 11.6 Å². The summed E-state index contributed by atoms with van der Waals surface area (Å²) in [4.78, 5) is 7.66. The Hall–Kier alpha value is -2.05. The van der Waals surface area contributed by atoms with Gasteiger partial charge in [-0.2, -0.15) is 20.5 Å². The van der Waals surface area contributed by atoms with Crippen LogP contribution in [-0.2, 0) is 0 Å². The van der Waals surface area contributed by atoms with Crippen LogP contribution < -0.4 is 11.1 Å². The molecule has 0 bridgehead atoms. The summed E-state index contributed by atoms with van der Waals surface area (Å²) < 4.78 is 0. The van der Waals surface area contributed by atoms with Crippen molar-refractivity contribution in [3.63, 3.8) is 0 Å². The molecular formula is C9H9ClN6. The molecule has 1 aromatic rings. The van der Waals surface area contributed by atoms with E-state index >= 15 is 0 Å². The van der Waals surface area contributed by atoms with Gasteiger partial charge in [-0.3, -0.25) is 0 Å². The normalized spacial score (nSPS) is 10.3. The maximum Gasteiger partial charge on any atom is 0.227 e. The molecule has 0 radical (unpaired) electrons. The van der Waals surface area contributed by atoms with E-state index in [1.54, 1.807) is 19.9 Å². The van der Waals surface area contributed by atoms with E-state index in [9.17, 15) is 0 Å². The molecule has 1 rings (SSSR count). The van der Waals surface area contributed by atoms with Gasteiger partial charge in [-0.05, 0) is 13.8 Å². The number of nitrogen functional groups attached to an aromatic ring is 1. The van der Waals surface area contributed by atoms with Crippen molar-refractivity contribution in [1.82, 2.24) is 9.97 Å². The van der Waals surface area contributed by atoms with Crippen molar-refractivity contribution >= 4 is 23.4 Å². The molecule has 16 heavy (non-hydrogen) atoms. The van der Waals surface area contributed by atoms with Gasteiger partial charge in [0.05, 0.1) is 6.07 Å². The first-order chi connectivity index (χ1) is 7.39. The lowest BCUT2D eigenvalue weighted by molar-refractivity contribution is 0.717. The van der Waals surface area contributed by atoms with Gasteiger partial charge in [0, 0.05) is 0 Å². The molecule has 82 valence electrons. The second kappa shape index (κ2) is 4.21. The molecule has 0 aliphatic heterocycles. The molecule has 0 saturated carbocycles. The van der Waals surface area contributed by atoms with Crippen LogP contribution in [0.15, 0.2) is 0 Å². The molecule has 1 aromatic heterocycles. The van der Waals surface area contributed by atoms with Crippen LogP contribution >= 0.6 is 11.6 Å². The largest absolute Gasteiger partial charge is 0.382 e. The molecule has 0 atom stereocenters. The van der Waals surface area contributed by atoms with E-state index < -0.39 is 5.54 Å². The van der Waals surface area contributed by atoms with Crippen molar-refractivity contribution in [2.75, 3.05) is 11.1 Å². The number of aromatic nitrogens is 2. The molecule has 1 heterocycles. The summed E-state index contributed by atoms with van der Waals surface area (Å²) in [5.74, 6) is 0.104. The van der Waals surface area contributed by atoms with Gasteiger partial charge in [0.2, 0.25) is 5.95 Å². The van der Waals surface area contributed by atoms with Crippen LogP contribution in [0.2, 0.25) is 5.15 Å². The fraction of sp³-hybridized carbons (Fsp3) is 0.333. The number of nitrogens with one attached hydrogen (secondary N) is 1. The van der Waals surface area contributed by atoms with Gasteiger partial charge in [0.15, 0.2) is 5.15 Å². The molecule has 0 spiro atoms. The Morgan fingerprint density at radius 3 is 2.44 bits per heavy atom. The Bertz CT molecular complexity index is 473. The minimum atomic E-state index is -0.843. The molecule has 6 nitrogen and oxygen atoms in total. The van der Waals surface area contributed by atoms with Crippen molar-refractivity contribution in [2.45, 2.75) is 19.4 Å². The molecule has 3 N–H and O–H groups in total. The lowest BCUT2D eigenvalue weighted by atomic mass is 10.1. The molecule has 0 saturated heterocycles. The van der Waals surface area contributed by atoms with Gasteiger partial charge in [0.1, 0.15) is 23.0 Å². The third-order valence-electron chi connectivity index (χ3n) is 1.71. The predicted molar refractivity (Wildman–Crippen MR) is 59.5 cm³/mol. The Morgan fingerprint density at radius 2 is 2.00 bits per heavy atom. The molecule has 0 aromatic carbocycles. The van der Waals surface area contributed by atoms with E-state index in [2.05, 4.69) is 15.3 Å². The average molecular weight is 237 g/mol. The van der Waals surface area contributed by atoms with Crippen molar-refractivity contribution in [1.29, 1.82) is 10.5 Å². The zero-order chi connectivity index (χ0) is 12.3. The van der Waals surface area contributed by atoms with E-state index in [-0.39, 0.29) is 22.5 Å². The van der Waals surface area contributed by atoms with Crippen LogP contribution in [0, 0.1) is 22.7 Å². The minimum Gasteiger partial charge on any atom is -0.382 e. The van der Waals surface area contributed by atoms with Crippen molar-refractivity contribution < 1.29 is 0 Å². The van der Waals surface area contributed by atoms with E-state index in [1.165, 1.54) is 0 Å². The van der Waals surface area contributed by atoms with Crippen LogP contribution in [0.25, 0.3) is 0 Å². The molecule has 0 aliphatic rings. The van der Waals surface area contributed by atoms with Crippen molar-refractivity contribution in [3.05, 3.63) is 10.7 Å². The molecule has 0 unspecified atom stereocenters. The lowest BCUT2D eigenvalue weighted by Crippen LogP contribution is -2.29. The van der Waals surface area contributed by atoms with Crippen molar-refractivity contribution in [3.8, 4) is 12.1 Å². The fourth-order valence-corrected chi connectivity index (χ4v) is 1.14. The summed E-state index contributed by atoms with van der Waals surface area (Å²) in [7, 11) is 0. The topological polar surface area (TPSA) is 111 Å². The SMILES string of the molecule is CC(C)(C#N)Nc1nc(N)c(C#N)c(Cl)n1. The summed E-state index contributed by atoms with van der Waals surface area (Å²) >= 11 is 5.73. The number of hydrogen-bond acceptors (Lipinski definition) is 6. The highest BCUT2D eigenvalue weighted by atomic mass is 35.5. The first-order valence-corrected chi connectivity index (χ1v) is 4.70. The number of rotatable bonds is 2. The first-order valence-electron chi connectivity index (χ1n) is 4.32. The summed E-state index contributed by atoms with van der Waals surface area (Å²) in [5.41, 5.74) is 4.70. The number of hydrogen-bond donors (Lipinski definition) is 2. The van der Waals surface area contributed by atoms with Crippen LogP contribution in [-0.4, -0.2) is 15.5 Å². The van der Waals surface area contributed by atoms with E-state index in [1.807, 2.05) is 6.07 Å². The van der Waals surface area contributed by atoms with Crippen LogP contribution in [0.3, 0.4) is 0 Å². The Balaban J connectivity index is 3.13. The summed E-state index contributed by atoms with van der Waals surface area (Å²) in [5, 5.41) is 20.2. The molecule has 7 heteroatoms. The quantitative estimate of drug-likeness (QED) is 0.749. The highest BCUT2D eigenvalue weighted by Crippen LogP contribution is 2.20. The Morgan fingerprint density at radius 1 is 1.38 bits per heavy atom. The van der Waals surface area contributed by atoms with Crippen LogP contribution in [0.5, 0.6) is 0 Å². The highest BCUT2D eigenvalue weighted by molar-refractivity contribution is 6.31. The van der Waals surface area contributed by atoms with Crippen molar-refractivity contribution in [2.24, 2.45) is 0 Å². The lowest BCUT2D eigenvalue weighted by Gasteiger charge is -2.17. The smallest absolute Gasteiger partial charge is 0.227 e. The number of nitrogens with zero attached hydrogens (tertiary/aromatic N) is 4. The van der Waals surface area contributed by atoms with E-state index in [0.29, 0.717) is 0 Å². The number of nitriles is 2. The molecule has 0 amide bonds. The third-order valence-corrected chi connectivity index (χ3v) is 1.98. The van der Waals surface area contributed by atoms with E-state index in [0.717, 1.165) is 0 Å². The number of halogens is 1. The predicted octanol–water partition coefficient (Wildman–Crippen LogP) is 1.30. The molecular weight excluding hydrogens is 228 g/mol. The standard InChI is InChI=1S/C9H9ClN6/c1-9(2,4-12)16-8-14-6(10)5(3-11)7(13)15-8/h1-2H3,(H3,13,14,15,16). The van der Waals surface area contributed by atoms with Gasteiger partial charge in [-0.15, -0.1) is 0 Å². The zero-order valence-electron chi connectivity index (χ0n) is 8.74. The average Bonchev–Trinajstić information content (AvgIpc) is 2.16. The third kappa shape index (κ3) is 2.50. The number of nitrogens with two attached hydrogens (primary N) is 1. The van der Waals surface area contributed by atoms with Crippen LogP contribution in [0.1, 0.15) is 19.4 Å². The van der Waals surface area contributed by atoms with Crippen LogP contribution in [0.4, 0.5) is 11.8 Å². The zero-order valence-corrected chi connectivity index (χ0v) is 9.50. The molecule has 0 fully saturated rings.